The number of nitrogens with one attached hydrogen (secondary N) is 2. The summed E-state index contributed by atoms with van der Waals surface area (Å²) in [6.07, 6.45) is -0.517. The van der Waals surface area contributed by atoms with E-state index in [1.165, 1.54) is 13.2 Å². The summed E-state index contributed by atoms with van der Waals surface area (Å²) < 4.78 is 17.3. The number of hydrogen-bond donors (Lipinski definition) is 2. The largest absolute Gasteiger partial charge is 0.493 e. The molecule has 4 bridgehead atoms. The molecule has 39 heavy (non-hydrogen) atoms. The van der Waals surface area contributed by atoms with Crippen LogP contribution in [0.3, 0.4) is 0 Å². The number of rotatable bonds is 2. The fraction of sp³-hybridized carbons (Fsp3) is 0.321. The maximum Gasteiger partial charge on any atom is 0.272 e. The van der Waals surface area contributed by atoms with E-state index in [0.717, 1.165) is 5.56 Å². The van der Waals surface area contributed by atoms with Crippen molar-refractivity contribution in [3.63, 3.8) is 0 Å². The lowest BCUT2D eigenvalue weighted by Crippen LogP contribution is -2.45. The summed E-state index contributed by atoms with van der Waals surface area (Å²) in [5, 5.41) is 5.82. The third kappa shape index (κ3) is 5.92. The SMILES string of the molecule is COc1ccc2cc1OCC(=O)NCc1ccc(cc1)O[C@H]1CN(C(=O)c3cc(C)nc(C)n3)C[C@@H]1NC2=O. The molecular weight excluding hydrogens is 502 g/mol. The Kier molecular flexibility index (Phi) is 7.31. The number of carbonyl (C=O) groups excluding carboxylic acids is 3. The molecule has 2 aromatic carbocycles. The van der Waals surface area contributed by atoms with Crippen molar-refractivity contribution >= 4 is 17.7 Å². The number of ether oxygens (including phenoxy) is 3. The van der Waals surface area contributed by atoms with E-state index in [2.05, 4.69) is 20.6 Å². The van der Waals surface area contributed by atoms with Crippen LogP contribution in [-0.2, 0) is 11.3 Å². The maximum atomic E-state index is 13.4. The monoisotopic (exact) mass is 531 g/mol. The lowest BCUT2D eigenvalue weighted by molar-refractivity contribution is -0.123. The van der Waals surface area contributed by atoms with Gasteiger partial charge in [-0.3, -0.25) is 14.4 Å². The maximum absolute atomic E-state index is 13.4. The third-order valence-electron chi connectivity index (χ3n) is 6.54. The number of amides is 3. The Balaban J connectivity index is 1.45. The van der Waals surface area contributed by atoms with Crippen molar-refractivity contribution in [3.8, 4) is 17.2 Å². The molecule has 6 rings (SSSR count). The number of methoxy groups -OCH3 is 1. The molecule has 3 amide bonds. The van der Waals surface area contributed by atoms with Gasteiger partial charge in [-0.15, -0.1) is 0 Å². The minimum absolute atomic E-state index is 0.230. The summed E-state index contributed by atoms with van der Waals surface area (Å²) in [6.45, 7) is 4.10. The van der Waals surface area contributed by atoms with Crippen LogP contribution >= 0.6 is 0 Å². The predicted octanol–water partition coefficient (Wildman–Crippen LogP) is 1.81. The molecule has 1 fully saturated rings. The Hall–Kier alpha value is -4.67. The van der Waals surface area contributed by atoms with E-state index in [0.29, 0.717) is 40.8 Å². The van der Waals surface area contributed by atoms with E-state index in [9.17, 15) is 14.4 Å². The van der Waals surface area contributed by atoms with Crippen LogP contribution in [0.5, 0.6) is 17.2 Å². The molecule has 11 nitrogen and oxygen atoms in total. The van der Waals surface area contributed by atoms with Crippen LogP contribution in [0.1, 0.15) is 37.9 Å². The Bertz CT molecular complexity index is 1390. The van der Waals surface area contributed by atoms with Crippen LogP contribution in [0, 0.1) is 13.8 Å². The highest BCUT2D eigenvalue weighted by molar-refractivity contribution is 5.96. The van der Waals surface area contributed by atoms with Gasteiger partial charge in [-0.2, -0.15) is 0 Å². The van der Waals surface area contributed by atoms with Crippen molar-refractivity contribution in [2.24, 2.45) is 0 Å². The van der Waals surface area contributed by atoms with Crippen LogP contribution in [0.15, 0.2) is 48.5 Å². The van der Waals surface area contributed by atoms with Crippen molar-refractivity contribution < 1.29 is 28.6 Å². The van der Waals surface area contributed by atoms with Gasteiger partial charge in [0, 0.05) is 24.3 Å². The topological polar surface area (TPSA) is 132 Å². The molecule has 3 aliphatic heterocycles. The van der Waals surface area contributed by atoms with Gasteiger partial charge in [0.25, 0.3) is 17.7 Å². The van der Waals surface area contributed by atoms with Crippen molar-refractivity contribution in [2.45, 2.75) is 32.5 Å². The normalized spacial score (nSPS) is 19.2. The molecule has 1 aromatic heterocycles. The number of benzene rings is 2. The van der Waals surface area contributed by atoms with Gasteiger partial charge in [-0.05, 0) is 55.8 Å². The zero-order chi connectivity index (χ0) is 27.5. The van der Waals surface area contributed by atoms with Gasteiger partial charge in [-0.25, -0.2) is 9.97 Å². The summed E-state index contributed by atoms with van der Waals surface area (Å²) in [7, 11) is 1.48. The molecule has 202 valence electrons. The lowest BCUT2D eigenvalue weighted by atomic mass is 10.1. The van der Waals surface area contributed by atoms with Crippen molar-refractivity contribution in [3.05, 3.63) is 76.9 Å². The number of fused-ring (bicyclic) bond motifs is 7. The molecular formula is C28H29N5O6. The van der Waals surface area contributed by atoms with E-state index in [4.69, 9.17) is 14.2 Å². The second kappa shape index (κ2) is 11.0. The number of aryl methyl sites for hydroxylation is 2. The Morgan fingerprint density at radius 2 is 1.85 bits per heavy atom. The Morgan fingerprint density at radius 3 is 2.59 bits per heavy atom. The van der Waals surface area contributed by atoms with Crippen LogP contribution in [-0.4, -0.2) is 71.5 Å². The fourth-order valence-electron chi connectivity index (χ4n) is 4.62. The standard InChI is InChI=1S/C28H29N5O6/c1-16-10-21(31-17(2)30-16)28(36)33-13-22-25(14-33)39-20-7-4-18(5-8-20)12-29-26(34)15-38-24-11-19(27(35)32-22)6-9-23(24)37-3/h4-11,22,25H,12-15H2,1-3H3,(H,29,34)(H,32,35)/t22-,25-/m0/s1. The van der Waals surface area contributed by atoms with Gasteiger partial charge in [0.05, 0.1) is 19.7 Å². The van der Waals surface area contributed by atoms with E-state index in [-0.39, 0.29) is 43.2 Å². The molecule has 4 heterocycles. The number of hydrogen-bond acceptors (Lipinski definition) is 8. The second-order valence-corrected chi connectivity index (χ2v) is 9.46. The number of nitrogens with zero attached hydrogens (tertiary/aromatic N) is 3. The van der Waals surface area contributed by atoms with Gasteiger partial charge in [0.2, 0.25) is 0 Å². The van der Waals surface area contributed by atoms with E-state index < -0.39 is 12.1 Å². The van der Waals surface area contributed by atoms with Crippen molar-refractivity contribution in [2.75, 3.05) is 26.8 Å². The first-order valence-corrected chi connectivity index (χ1v) is 12.5. The van der Waals surface area contributed by atoms with E-state index in [1.807, 2.05) is 19.1 Å². The molecule has 0 aliphatic carbocycles. The molecule has 3 aromatic rings. The van der Waals surface area contributed by atoms with Gasteiger partial charge in [0.15, 0.2) is 18.1 Å². The summed E-state index contributed by atoms with van der Waals surface area (Å²) >= 11 is 0. The van der Waals surface area contributed by atoms with Gasteiger partial charge in [0.1, 0.15) is 23.4 Å². The predicted molar refractivity (Wildman–Crippen MR) is 140 cm³/mol. The molecule has 11 heteroatoms. The van der Waals surface area contributed by atoms with Crippen LogP contribution in [0.25, 0.3) is 0 Å². The highest BCUT2D eigenvalue weighted by atomic mass is 16.5. The molecule has 0 saturated carbocycles. The van der Waals surface area contributed by atoms with Crippen molar-refractivity contribution in [1.82, 2.24) is 25.5 Å². The molecule has 3 aliphatic rings. The van der Waals surface area contributed by atoms with E-state index >= 15 is 0 Å². The minimum Gasteiger partial charge on any atom is -0.493 e. The summed E-state index contributed by atoms with van der Waals surface area (Å²) in [5.41, 5.74) is 2.18. The average Bonchev–Trinajstić information content (AvgIpc) is 3.31. The fourth-order valence-corrected chi connectivity index (χ4v) is 4.62. The number of aromatic nitrogens is 2. The highest BCUT2D eigenvalue weighted by Gasteiger charge is 2.39. The Morgan fingerprint density at radius 1 is 1.05 bits per heavy atom. The lowest BCUT2D eigenvalue weighted by Gasteiger charge is -2.21. The molecule has 0 spiro atoms. The number of likely N-dealkylation sites (tertiary alicyclic amines) is 1. The molecule has 1 saturated heterocycles. The third-order valence-corrected chi connectivity index (χ3v) is 6.54. The van der Waals surface area contributed by atoms with Crippen LogP contribution in [0.4, 0.5) is 0 Å². The van der Waals surface area contributed by atoms with Crippen LogP contribution < -0.4 is 24.8 Å². The first-order chi connectivity index (χ1) is 18.8. The molecule has 2 N–H and O–H groups in total. The van der Waals surface area contributed by atoms with E-state index in [1.54, 1.807) is 42.2 Å². The summed E-state index contributed by atoms with van der Waals surface area (Å²) in [6, 6.07) is 13.2. The first-order valence-electron chi connectivity index (χ1n) is 12.5. The van der Waals surface area contributed by atoms with Crippen molar-refractivity contribution in [1.29, 1.82) is 0 Å². The minimum atomic E-state index is -0.517. The zero-order valence-electron chi connectivity index (χ0n) is 21.9. The van der Waals surface area contributed by atoms with Gasteiger partial charge in [-0.1, -0.05) is 12.1 Å². The first kappa shape index (κ1) is 26.0. The molecule has 0 unspecified atom stereocenters. The average molecular weight is 532 g/mol. The summed E-state index contributed by atoms with van der Waals surface area (Å²) in [4.78, 5) is 49.2. The zero-order valence-corrected chi connectivity index (χ0v) is 21.9. The highest BCUT2D eigenvalue weighted by Crippen LogP contribution is 2.29. The molecule has 0 radical (unpaired) electrons. The van der Waals surface area contributed by atoms with Crippen LogP contribution in [0.2, 0.25) is 0 Å². The quantitative estimate of drug-likeness (QED) is 0.512. The van der Waals surface area contributed by atoms with Gasteiger partial charge >= 0.3 is 0 Å². The Labute approximate surface area is 225 Å². The van der Waals surface area contributed by atoms with Gasteiger partial charge < -0.3 is 29.7 Å². The molecule has 2 atom stereocenters. The summed E-state index contributed by atoms with van der Waals surface area (Å²) in [5.74, 6) is 0.787. The second-order valence-electron chi connectivity index (χ2n) is 9.46. The smallest absolute Gasteiger partial charge is 0.272 e. The number of carbonyl (C=O) groups is 3.